The average molecular weight is 538 g/mol. The molecule has 0 aliphatic heterocycles. The number of methoxy groups -OCH3 is 3. The van der Waals surface area contributed by atoms with Crippen molar-refractivity contribution in [3.05, 3.63) is 81.8 Å². The standard InChI is InChI=1S/C27H24FN3O6S/c1-35-22-11-18(28)19(12-20(22)29-13-16-9-6-8-15-7-4-5-10-17(15)16)30-27(34)31-21-14-38-24(26(33)37-3)23(21)25(32)36-2/h4-12,14,29H,13H2,1-3H3,(H2,30,31,34). The second-order valence-corrected chi connectivity index (χ2v) is 8.82. The van der Waals surface area contributed by atoms with E-state index < -0.39 is 23.8 Å². The van der Waals surface area contributed by atoms with Crippen LogP contribution in [0.25, 0.3) is 10.8 Å². The van der Waals surface area contributed by atoms with Gasteiger partial charge in [0.2, 0.25) is 0 Å². The molecule has 0 saturated heterocycles. The summed E-state index contributed by atoms with van der Waals surface area (Å²) >= 11 is 0.898. The van der Waals surface area contributed by atoms with E-state index in [9.17, 15) is 18.8 Å². The maximum Gasteiger partial charge on any atom is 0.349 e. The number of hydrogen-bond donors (Lipinski definition) is 3. The van der Waals surface area contributed by atoms with Crippen LogP contribution in [0.2, 0.25) is 0 Å². The zero-order valence-electron chi connectivity index (χ0n) is 20.7. The highest BCUT2D eigenvalue weighted by Crippen LogP contribution is 2.33. The molecule has 4 rings (SSSR count). The molecular weight excluding hydrogens is 513 g/mol. The Bertz CT molecular complexity index is 1510. The van der Waals surface area contributed by atoms with E-state index in [0.717, 1.165) is 40.8 Å². The Hall–Kier alpha value is -4.64. The van der Waals surface area contributed by atoms with Crippen molar-refractivity contribution < 1.29 is 33.0 Å². The van der Waals surface area contributed by atoms with Crippen molar-refractivity contribution in [1.29, 1.82) is 0 Å². The van der Waals surface area contributed by atoms with Gasteiger partial charge in [-0.1, -0.05) is 42.5 Å². The third-order valence-corrected chi connectivity index (χ3v) is 6.65. The van der Waals surface area contributed by atoms with Crippen LogP contribution in [-0.2, 0) is 16.0 Å². The summed E-state index contributed by atoms with van der Waals surface area (Å²) in [6.45, 7) is 0.419. The third-order valence-electron chi connectivity index (χ3n) is 5.69. The summed E-state index contributed by atoms with van der Waals surface area (Å²) in [6.07, 6.45) is 0. The van der Waals surface area contributed by atoms with Crippen LogP contribution in [0.3, 0.4) is 0 Å². The Labute approximate surface area is 221 Å². The maximum atomic E-state index is 14.8. The van der Waals surface area contributed by atoms with Crippen LogP contribution in [0.15, 0.2) is 60.0 Å². The first-order valence-corrected chi connectivity index (χ1v) is 12.2. The highest BCUT2D eigenvalue weighted by molar-refractivity contribution is 7.13. The number of hydrogen-bond acceptors (Lipinski definition) is 8. The van der Waals surface area contributed by atoms with Gasteiger partial charge in [0.25, 0.3) is 0 Å². The van der Waals surface area contributed by atoms with Crippen LogP contribution in [0, 0.1) is 5.82 Å². The number of carbonyl (C=O) groups excluding carboxylic acids is 3. The molecule has 0 aliphatic rings. The van der Waals surface area contributed by atoms with Gasteiger partial charge in [-0.05, 0) is 22.4 Å². The lowest BCUT2D eigenvalue weighted by molar-refractivity contribution is 0.0561. The fourth-order valence-electron chi connectivity index (χ4n) is 3.87. The average Bonchev–Trinajstić information content (AvgIpc) is 3.35. The molecule has 2 amide bonds. The van der Waals surface area contributed by atoms with Gasteiger partial charge >= 0.3 is 18.0 Å². The summed E-state index contributed by atoms with van der Waals surface area (Å²) in [5, 5.41) is 11.7. The van der Waals surface area contributed by atoms with E-state index in [-0.39, 0.29) is 27.6 Å². The van der Waals surface area contributed by atoms with E-state index in [0.29, 0.717) is 12.2 Å². The first-order valence-electron chi connectivity index (χ1n) is 11.3. The van der Waals surface area contributed by atoms with E-state index in [4.69, 9.17) is 9.47 Å². The Morgan fingerprint density at radius 2 is 1.58 bits per heavy atom. The maximum absolute atomic E-state index is 14.8. The number of rotatable bonds is 8. The minimum atomic E-state index is -0.839. The molecule has 38 heavy (non-hydrogen) atoms. The van der Waals surface area contributed by atoms with E-state index in [1.807, 2.05) is 42.5 Å². The summed E-state index contributed by atoms with van der Waals surface area (Å²) in [5.41, 5.74) is 1.20. The van der Waals surface area contributed by atoms with Crippen LogP contribution in [-0.4, -0.2) is 39.3 Å². The van der Waals surface area contributed by atoms with Crippen molar-refractivity contribution in [3.63, 3.8) is 0 Å². The van der Waals surface area contributed by atoms with Gasteiger partial charge in [0.1, 0.15) is 16.2 Å². The van der Waals surface area contributed by atoms with Gasteiger partial charge in [0, 0.05) is 18.0 Å². The van der Waals surface area contributed by atoms with Crippen molar-refractivity contribution in [2.45, 2.75) is 6.54 Å². The highest BCUT2D eigenvalue weighted by Gasteiger charge is 2.26. The molecule has 1 heterocycles. The summed E-state index contributed by atoms with van der Waals surface area (Å²) in [5.74, 6) is -2.08. The van der Waals surface area contributed by atoms with Crippen molar-refractivity contribution in [2.75, 3.05) is 37.3 Å². The lowest BCUT2D eigenvalue weighted by atomic mass is 10.0. The van der Waals surface area contributed by atoms with Gasteiger partial charge in [0.15, 0.2) is 5.82 Å². The van der Waals surface area contributed by atoms with Crippen LogP contribution in [0.5, 0.6) is 5.75 Å². The molecule has 3 aromatic carbocycles. The van der Waals surface area contributed by atoms with E-state index in [1.54, 1.807) is 0 Å². The molecule has 0 fully saturated rings. The van der Waals surface area contributed by atoms with E-state index in [1.165, 1.54) is 25.7 Å². The van der Waals surface area contributed by atoms with Crippen LogP contribution in [0.4, 0.5) is 26.2 Å². The second-order valence-electron chi connectivity index (χ2n) is 7.94. The normalized spacial score (nSPS) is 10.5. The molecule has 4 aromatic rings. The number of benzene rings is 3. The fraction of sp³-hybridized carbons (Fsp3) is 0.148. The number of nitrogens with one attached hydrogen (secondary N) is 3. The Kier molecular flexibility index (Phi) is 8.07. The third kappa shape index (κ3) is 5.52. The zero-order valence-corrected chi connectivity index (χ0v) is 21.5. The number of carbonyl (C=O) groups is 3. The number of thiophene rings is 1. The van der Waals surface area contributed by atoms with Gasteiger partial charge in [-0.2, -0.15) is 0 Å². The van der Waals surface area contributed by atoms with Crippen molar-refractivity contribution in [3.8, 4) is 5.75 Å². The minimum Gasteiger partial charge on any atom is -0.494 e. The van der Waals surface area contributed by atoms with E-state index >= 15 is 0 Å². The molecule has 0 aliphatic carbocycles. The largest absolute Gasteiger partial charge is 0.494 e. The Morgan fingerprint density at radius 1 is 0.868 bits per heavy atom. The zero-order chi connectivity index (χ0) is 27.2. The predicted molar refractivity (Wildman–Crippen MR) is 144 cm³/mol. The lowest BCUT2D eigenvalue weighted by Crippen LogP contribution is -2.22. The molecule has 0 saturated carbocycles. The molecule has 11 heteroatoms. The summed E-state index contributed by atoms with van der Waals surface area (Å²) < 4.78 is 29.6. The lowest BCUT2D eigenvalue weighted by Gasteiger charge is -2.16. The molecule has 0 unspecified atom stereocenters. The minimum absolute atomic E-state index is 0.0166. The molecule has 3 N–H and O–H groups in total. The topological polar surface area (TPSA) is 115 Å². The molecule has 196 valence electrons. The molecule has 0 spiro atoms. The van der Waals surface area contributed by atoms with Crippen LogP contribution in [0.1, 0.15) is 25.6 Å². The van der Waals surface area contributed by atoms with Gasteiger partial charge in [-0.3, -0.25) is 0 Å². The van der Waals surface area contributed by atoms with Gasteiger partial charge < -0.3 is 30.2 Å². The summed E-state index contributed by atoms with van der Waals surface area (Å²) in [7, 11) is 3.73. The first-order chi connectivity index (χ1) is 18.4. The van der Waals surface area contributed by atoms with Gasteiger partial charge in [0.05, 0.1) is 38.4 Å². The molecule has 0 atom stereocenters. The molecule has 9 nitrogen and oxygen atoms in total. The van der Waals surface area contributed by atoms with Crippen LogP contribution >= 0.6 is 11.3 Å². The highest BCUT2D eigenvalue weighted by atomic mass is 32.1. The number of amides is 2. The molecule has 1 aromatic heterocycles. The molecular formula is C27H24FN3O6S. The Morgan fingerprint density at radius 3 is 2.32 bits per heavy atom. The predicted octanol–water partition coefficient (Wildman–Crippen LogP) is 5.88. The smallest absolute Gasteiger partial charge is 0.349 e. The number of esters is 2. The number of urea groups is 1. The van der Waals surface area contributed by atoms with Crippen molar-refractivity contribution >= 4 is 57.1 Å². The first kappa shape index (κ1) is 26.4. The number of fused-ring (bicyclic) bond motifs is 1. The van der Waals surface area contributed by atoms with Gasteiger partial charge in [-0.25, -0.2) is 18.8 Å². The van der Waals surface area contributed by atoms with E-state index in [2.05, 4.69) is 20.7 Å². The monoisotopic (exact) mass is 537 g/mol. The molecule has 0 radical (unpaired) electrons. The summed E-state index contributed by atoms with van der Waals surface area (Å²) in [4.78, 5) is 36.9. The SMILES string of the molecule is COC(=O)c1scc(NC(=O)Nc2cc(NCc3cccc4ccccc34)c(OC)cc2F)c1C(=O)OC. The molecule has 0 bridgehead atoms. The number of halogens is 1. The fourth-order valence-corrected chi connectivity index (χ4v) is 4.77. The van der Waals surface area contributed by atoms with Crippen molar-refractivity contribution in [1.82, 2.24) is 0 Å². The van der Waals surface area contributed by atoms with Crippen molar-refractivity contribution in [2.24, 2.45) is 0 Å². The number of anilines is 3. The summed E-state index contributed by atoms with van der Waals surface area (Å²) in [6, 6.07) is 15.6. The van der Waals surface area contributed by atoms with Gasteiger partial charge in [-0.15, -0.1) is 11.3 Å². The quantitative estimate of drug-likeness (QED) is 0.241. The Balaban J connectivity index is 1.55. The second kappa shape index (κ2) is 11.6. The van der Waals surface area contributed by atoms with Crippen LogP contribution < -0.4 is 20.7 Å². The number of ether oxygens (including phenoxy) is 3.